The van der Waals surface area contributed by atoms with Gasteiger partial charge in [-0.15, -0.1) is 0 Å². The van der Waals surface area contributed by atoms with Crippen molar-refractivity contribution in [3.05, 3.63) is 63.1 Å². The molecule has 3 nitrogen and oxygen atoms in total. The maximum Gasteiger partial charge on any atom is 0.255 e. The van der Waals surface area contributed by atoms with Crippen molar-refractivity contribution >= 4 is 33.6 Å². The van der Waals surface area contributed by atoms with Crippen LogP contribution in [0.5, 0.6) is 5.75 Å². The molecule has 24 heavy (non-hydrogen) atoms. The first-order valence-electron chi connectivity index (χ1n) is 7.99. The molecule has 0 aliphatic carbocycles. The summed E-state index contributed by atoms with van der Waals surface area (Å²) in [5.41, 5.74) is 4.64. The maximum absolute atomic E-state index is 12.7. The summed E-state index contributed by atoms with van der Waals surface area (Å²) in [5.74, 6) is 1.03. The van der Waals surface area contributed by atoms with Gasteiger partial charge in [-0.25, -0.2) is 0 Å². The highest BCUT2D eigenvalue weighted by molar-refractivity contribution is 9.10. The molecule has 0 bridgehead atoms. The van der Waals surface area contributed by atoms with Gasteiger partial charge in [-0.2, -0.15) is 0 Å². The topological polar surface area (TPSA) is 38.3 Å². The zero-order chi connectivity index (χ0) is 17.3. The molecule has 124 valence electrons. The molecule has 2 aromatic carbocycles. The van der Waals surface area contributed by atoms with E-state index in [4.69, 9.17) is 4.74 Å². The van der Waals surface area contributed by atoms with Gasteiger partial charge in [-0.05, 0) is 48.2 Å². The van der Waals surface area contributed by atoms with Crippen molar-refractivity contribution in [1.82, 2.24) is 0 Å². The number of carbonyl (C=O) groups excluding carboxylic acids is 1. The summed E-state index contributed by atoms with van der Waals surface area (Å²) in [7, 11) is 0. The lowest BCUT2D eigenvalue weighted by atomic mass is 9.98. The molecule has 0 saturated carbocycles. The fourth-order valence-corrected chi connectivity index (χ4v) is 3.19. The minimum Gasteiger partial charge on any atom is -0.488 e. The van der Waals surface area contributed by atoms with Crippen LogP contribution in [0.3, 0.4) is 0 Å². The van der Waals surface area contributed by atoms with E-state index in [0.717, 1.165) is 32.6 Å². The van der Waals surface area contributed by atoms with Crippen molar-refractivity contribution in [1.29, 1.82) is 0 Å². The first kappa shape index (κ1) is 16.8. The second-order valence-electron chi connectivity index (χ2n) is 6.29. The molecule has 1 N–H and O–H groups in total. The van der Waals surface area contributed by atoms with Crippen LogP contribution < -0.4 is 10.1 Å². The van der Waals surface area contributed by atoms with Crippen LogP contribution in [0.15, 0.2) is 46.4 Å². The Labute approximate surface area is 150 Å². The summed E-state index contributed by atoms with van der Waals surface area (Å²) in [5, 5.41) is 3.08. The summed E-state index contributed by atoms with van der Waals surface area (Å²) in [6.07, 6.45) is 1.90. The number of anilines is 1. The molecule has 0 atom stereocenters. The number of halogens is 1. The second-order valence-corrected chi connectivity index (χ2v) is 7.20. The first-order chi connectivity index (χ1) is 11.5. The van der Waals surface area contributed by atoms with Gasteiger partial charge in [0.05, 0.1) is 5.57 Å². The van der Waals surface area contributed by atoms with Gasteiger partial charge in [0.2, 0.25) is 0 Å². The van der Waals surface area contributed by atoms with Crippen molar-refractivity contribution in [2.45, 2.75) is 26.7 Å². The number of aryl methyl sites for hydroxylation is 1. The number of para-hydroxylation sites is 1. The van der Waals surface area contributed by atoms with Gasteiger partial charge >= 0.3 is 0 Å². The summed E-state index contributed by atoms with van der Waals surface area (Å²) < 4.78 is 6.67. The molecule has 4 heteroatoms. The SMILES string of the molecule is Cc1cccc(C(C)C)c1NC(=O)C1=Cc2cc(Br)ccc2OC1. The molecule has 0 unspecified atom stereocenters. The van der Waals surface area contributed by atoms with E-state index in [1.165, 1.54) is 0 Å². The van der Waals surface area contributed by atoms with Gasteiger partial charge in [0.1, 0.15) is 12.4 Å². The third kappa shape index (κ3) is 3.39. The molecule has 0 fully saturated rings. The smallest absolute Gasteiger partial charge is 0.255 e. The van der Waals surface area contributed by atoms with Crippen molar-refractivity contribution in [3.63, 3.8) is 0 Å². The van der Waals surface area contributed by atoms with E-state index in [9.17, 15) is 4.79 Å². The van der Waals surface area contributed by atoms with E-state index in [0.29, 0.717) is 11.5 Å². The molecule has 1 heterocycles. The summed E-state index contributed by atoms with van der Waals surface area (Å²) in [6, 6.07) is 11.9. The molecule has 1 aliphatic rings. The lowest BCUT2D eigenvalue weighted by Gasteiger charge is -2.20. The summed E-state index contributed by atoms with van der Waals surface area (Å²) in [6.45, 7) is 6.55. The molecule has 1 amide bonds. The minimum absolute atomic E-state index is 0.114. The Balaban J connectivity index is 1.89. The summed E-state index contributed by atoms with van der Waals surface area (Å²) >= 11 is 3.45. The number of benzene rings is 2. The zero-order valence-corrected chi connectivity index (χ0v) is 15.6. The molecule has 0 saturated heterocycles. The number of ether oxygens (including phenoxy) is 1. The van der Waals surface area contributed by atoms with E-state index < -0.39 is 0 Å². The van der Waals surface area contributed by atoms with Gasteiger partial charge in [-0.1, -0.05) is 48.0 Å². The number of hydrogen-bond donors (Lipinski definition) is 1. The normalized spacial score (nSPS) is 13.1. The average Bonchev–Trinajstić information content (AvgIpc) is 2.55. The van der Waals surface area contributed by atoms with E-state index in [-0.39, 0.29) is 12.5 Å². The van der Waals surface area contributed by atoms with Crippen molar-refractivity contribution in [2.75, 3.05) is 11.9 Å². The molecule has 1 aliphatic heterocycles. The number of amides is 1. The quantitative estimate of drug-likeness (QED) is 0.778. The van der Waals surface area contributed by atoms with Crippen LogP contribution in [-0.2, 0) is 4.79 Å². The molecular weight excluding hydrogens is 366 g/mol. The number of rotatable bonds is 3. The fraction of sp³-hybridized carbons (Fsp3) is 0.250. The van der Waals surface area contributed by atoms with Crippen LogP contribution >= 0.6 is 15.9 Å². The Morgan fingerprint density at radius 1 is 1.25 bits per heavy atom. The van der Waals surface area contributed by atoms with E-state index in [1.807, 2.05) is 43.3 Å². The predicted molar refractivity (Wildman–Crippen MR) is 102 cm³/mol. The Kier molecular flexibility index (Phi) is 4.76. The van der Waals surface area contributed by atoms with E-state index in [2.05, 4.69) is 41.2 Å². The molecule has 0 radical (unpaired) electrons. The van der Waals surface area contributed by atoms with Gasteiger partial charge in [-0.3, -0.25) is 4.79 Å². The average molecular weight is 386 g/mol. The Bertz CT molecular complexity index is 824. The molecular formula is C20H20BrNO2. The lowest BCUT2D eigenvalue weighted by Crippen LogP contribution is -2.22. The monoisotopic (exact) mass is 385 g/mol. The fourth-order valence-electron chi connectivity index (χ4n) is 2.82. The molecule has 3 rings (SSSR count). The van der Waals surface area contributed by atoms with E-state index >= 15 is 0 Å². The molecule has 0 aromatic heterocycles. The number of fused-ring (bicyclic) bond motifs is 1. The lowest BCUT2D eigenvalue weighted by molar-refractivity contribution is -0.113. The van der Waals surface area contributed by atoms with Crippen LogP contribution in [0.4, 0.5) is 5.69 Å². The van der Waals surface area contributed by atoms with Crippen LogP contribution in [0.1, 0.15) is 36.5 Å². The second kappa shape index (κ2) is 6.81. The zero-order valence-electron chi connectivity index (χ0n) is 14.0. The van der Waals surface area contributed by atoms with Gasteiger partial charge in [0.15, 0.2) is 0 Å². The number of carbonyl (C=O) groups is 1. The summed E-state index contributed by atoms with van der Waals surface area (Å²) in [4.78, 5) is 12.7. The first-order valence-corrected chi connectivity index (χ1v) is 8.79. The molecule has 0 spiro atoms. The highest BCUT2D eigenvalue weighted by atomic mass is 79.9. The highest BCUT2D eigenvalue weighted by Gasteiger charge is 2.19. The number of hydrogen-bond acceptors (Lipinski definition) is 2. The number of nitrogens with one attached hydrogen (secondary N) is 1. The van der Waals surface area contributed by atoms with Crippen LogP contribution in [0.25, 0.3) is 6.08 Å². The minimum atomic E-state index is -0.114. The Morgan fingerprint density at radius 3 is 2.79 bits per heavy atom. The maximum atomic E-state index is 12.7. The van der Waals surface area contributed by atoms with Crippen LogP contribution in [0.2, 0.25) is 0 Å². The standard InChI is InChI=1S/C20H20BrNO2/c1-12(2)17-6-4-5-13(3)19(17)22-20(23)15-9-14-10-16(21)7-8-18(14)24-11-15/h4-10,12H,11H2,1-3H3,(H,22,23). The van der Waals surface area contributed by atoms with Gasteiger partial charge < -0.3 is 10.1 Å². The van der Waals surface area contributed by atoms with Gasteiger partial charge in [0.25, 0.3) is 5.91 Å². The third-order valence-electron chi connectivity index (χ3n) is 4.14. The Morgan fingerprint density at radius 2 is 2.04 bits per heavy atom. The third-order valence-corrected chi connectivity index (χ3v) is 4.64. The van der Waals surface area contributed by atoms with Crippen LogP contribution in [0, 0.1) is 6.92 Å². The van der Waals surface area contributed by atoms with Crippen LogP contribution in [-0.4, -0.2) is 12.5 Å². The van der Waals surface area contributed by atoms with Crippen molar-refractivity contribution in [2.24, 2.45) is 0 Å². The highest BCUT2D eigenvalue weighted by Crippen LogP contribution is 2.31. The van der Waals surface area contributed by atoms with E-state index in [1.54, 1.807) is 0 Å². The van der Waals surface area contributed by atoms with Gasteiger partial charge in [0, 0.05) is 15.7 Å². The molecule has 2 aromatic rings. The van der Waals surface area contributed by atoms with Crippen molar-refractivity contribution < 1.29 is 9.53 Å². The Hall–Kier alpha value is -2.07. The predicted octanol–water partition coefficient (Wildman–Crippen LogP) is 5.30. The van der Waals surface area contributed by atoms with Crippen molar-refractivity contribution in [3.8, 4) is 5.75 Å². The largest absolute Gasteiger partial charge is 0.488 e.